The van der Waals surface area contributed by atoms with Gasteiger partial charge in [-0.2, -0.15) is 5.26 Å². The molecule has 1 unspecified atom stereocenters. The van der Waals surface area contributed by atoms with Gasteiger partial charge < -0.3 is 19.5 Å². The smallest absolute Gasteiger partial charge is 0.265 e. The van der Waals surface area contributed by atoms with Crippen molar-refractivity contribution in [3.05, 3.63) is 48.0 Å². The molecule has 2 rings (SSSR count). The Kier molecular flexibility index (Phi) is 5.63. The minimum absolute atomic E-state index is 0.317. The summed E-state index contributed by atoms with van der Waals surface area (Å²) in [5.74, 6) is 1.32. The zero-order valence-electron chi connectivity index (χ0n) is 13.7. The summed E-state index contributed by atoms with van der Waals surface area (Å²) in [4.78, 5) is 12.3. The first-order valence-corrected chi connectivity index (χ1v) is 7.27. The molecule has 2 aromatic carbocycles. The lowest BCUT2D eigenvalue weighted by Gasteiger charge is -2.16. The quantitative estimate of drug-likeness (QED) is 0.882. The molecule has 0 bridgehead atoms. The molecule has 1 atom stereocenters. The van der Waals surface area contributed by atoms with Crippen LogP contribution in [0.15, 0.2) is 42.5 Å². The van der Waals surface area contributed by atoms with Crippen molar-refractivity contribution in [2.75, 3.05) is 19.5 Å². The standard InChI is InChI=1S/C18H18N2O4/c1-12(24-14-6-4-13(11-19)5-7-14)18(21)20-16-9-8-15(22-2)10-17(16)23-3/h4-10,12H,1-3H3,(H,20,21). The number of amides is 1. The van der Waals surface area contributed by atoms with E-state index in [9.17, 15) is 4.79 Å². The second-order valence-electron chi connectivity index (χ2n) is 4.95. The molecule has 2 aromatic rings. The first kappa shape index (κ1) is 17.2. The minimum atomic E-state index is -0.718. The summed E-state index contributed by atoms with van der Waals surface area (Å²) in [5.41, 5.74) is 1.06. The van der Waals surface area contributed by atoms with Gasteiger partial charge in [0.25, 0.3) is 5.91 Å². The molecule has 1 amide bonds. The summed E-state index contributed by atoms with van der Waals surface area (Å²) >= 11 is 0. The van der Waals surface area contributed by atoms with Gasteiger partial charge in [0, 0.05) is 6.07 Å². The average Bonchev–Trinajstić information content (AvgIpc) is 2.62. The van der Waals surface area contributed by atoms with Crippen molar-refractivity contribution in [1.82, 2.24) is 0 Å². The highest BCUT2D eigenvalue weighted by Gasteiger charge is 2.17. The number of hydrogen-bond acceptors (Lipinski definition) is 5. The van der Waals surface area contributed by atoms with E-state index in [1.165, 1.54) is 7.11 Å². The van der Waals surface area contributed by atoms with E-state index in [4.69, 9.17) is 19.5 Å². The average molecular weight is 326 g/mol. The van der Waals surface area contributed by atoms with Crippen LogP contribution in [0.25, 0.3) is 0 Å². The molecule has 0 aromatic heterocycles. The van der Waals surface area contributed by atoms with Crippen LogP contribution >= 0.6 is 0 Å². The molecule has 0 radical (unpaired) electrons. The topological polar surface area (TPSA) is 80.6 Å². The van der Waals surface area contributed by atoms with Crippen LogP contribution in [0.2, 0.25) is 0 Å². The Labute approximate surface area is 140 Å². The van der Waals surface area contributed by atoms with Gasteiger partial charge in [-0.15, -0.1) is 0 Å². The SMILES string of the molecule is COc1ccc(NC(=O)C(C)Oc2ccc(C#N)cc2)c(OC)c1. The predicted molar refractivity (Wildman–Crippen MR) is 89.4 cm³/mol. The van der Waals surface area contributed by atoms with Gasteiger partial charge >= 0.3 is 0 Å². The number of hydrogen-bond donors (Lipinski definition) is 1. The van der Waals surface area contributed by atoms with E-state index in [0.29, 0.717) is 28.5 Å². The monoisotopic (exact) mass is 326 g/mol. The number of nitriles is 1. The van der Waals surface area contributed by atoms with Crippen LogP contribution in [0, 0.1) is 11.3 Å². The fourth-order valence-electron chi connectivity index (χ4n) is 2.00. The van der Waals surface area contributed by atoms with Gasteiger partial charge in [0.2, 0.25) is 0 Å². The molecule has 0 aliphatic heterocycles. The van der Waals surface area contributed by atoms with E-state index in [-0.39, 0.29) is 5.91 Å². The van der Waals surface area contributed by atoms with Gasteiger partial charge in [-0.25, -0.2) is 0 Å². The molecule has 6 nitrogen and oxygen atoms in total. The summed E-state index contributed by atoms with van der Waals surface area (Å²) in [6.07, 6.45) is -0.718. The Morgan fingerprint density at radius 3 is 2.33 bits per heavy atom. The van der Waals surface area contributed by atoms with Crippen LogP contribution in [0.5, 0.6) is 17.2 Å². The first-order chi connectivity index (χ1) is 11.6. The second-order valence-corrected chi connectivity index (χ2v) is 4.95. The third-order valence-corrected chi connectivity index (χ3v) is 3.33. The Morgan fingerprint density at radius 1 is 1.08 bits per heavy atom. The van der Waals surface area contributed by atoms with Gasteiger partial charge in [0.05, 0.1) is 31.5 Å². The summed E-state index contributed by atoms with van der Waals surface area (Å²) in [6.45, 7) is 1.64. The number of methoxy groups -OCH3 is 2. The van der Waals surface area contributed by atoms with Crippen molar-refractivity contribution in [2.24, 2.45) is 0 Å². The van der Waals surface area contributed by atoms with Crippen LogP contribution in [-0.2, 0) is 4.79 Å². The highest BCUT2D eigenvalue weighted by Crippen LogP contribution is 2.29. The van der Waals surface area contributed by atoms with Gasteiger partial charge in [-0.1, -0.05) is 0 Å². The molecule has 0 saturated heterocycles. The fourth-order valence-corrected chi connectivity index (χ4v) is 2.00. The van der Waals surface area contributed by atoms with Crippen LogP contribution in [-0.4, -0.2) is 26.2 Å². The number of anilines is 1. The number of nitrogens with zero attached hydrogens (tertiary/aromatic N) is 1. The summed E-state index contributed by atoms with van der Waals surface area (Å²) in [5, 5.41) is 11.5. The number of carbonyl (C=O) groups excluding carboxylic acids is 1. The zero-order valence-corrected chi connectivity index (χ0v) is 13.7. The molecule has 0 spiro atoms. The maximum Gasteiger partial charge on any atom is 0.265 e. The third kappa shape index (κ3) is 4.17. The molecule has 0 heterocycles. The predicted octanol–water partition coefficient (Wildman–Crippen LogP) is 2.98. The molecule has 0 saturated carbocycles. The van der Waals surface area contributed by atoms with E-state index >= 15 is 0 Å². The van der Waals surface area contributed by atoms with Crippen molar-refractivity contribution in [3.8, 4) is 23.3 Å². The van der Waals surface area contributed by atoms with Crippen LogP contribution in [0.3, 0.4) is 0 Å². The number of nitrogens with one attached hydrogen (secondary N) is 1. The van der Waals surface area contributed by atoms with Gasteiger partial charge in [-0.3, -0.25) is 4.79 Å². The van der Waals surface area contributed by atoms with Crippen LogP contribution in [0.4, 0.5) is 5.69 Å². The Bertz CT molecular complexity index is 751. The summed E-state index contributed by atoms with van der Waals surface area (Å²) < 4.78 is 15.9. The maximum absolute atomic E-state index is 12.3. The second kappa shape index (κ2) is 7.88. The zero-order chi connectivity index (χ0) is 17.5. The van der Waals surface area contributed by atoms with Crippen LogP contribution < -0.4 is 19.5 Å². The lowest BCUT2D eigenvalue weighted by atomic mass is 10.2. The molecule has 24 heavy (non-hydrogen) atoms. The van der Waals surface area contributed by atoms with Gasteiger partial charge in [-0.05, 0) is 43.3 Å². The Hall–Kier alpha value is -3.20. The molecule has 0 fully saturated rings. The molecule has 0 aliphatic rings. The van der Waals surface area contributed by atoms with Crippen molar-refractivity contribution in [2.45, 2.75) is 13.0 Å². The van der Waals surface area contributed by atoms with E-state index in [0.717, 1.165) is 0 Å². The van der Waals surface area contributed by atoms with E-state index in [1.54, 1.807) is 56.5 Å². The van der Waals surface area contributed by atoms with Gasteiger partial charge in [0.1, 0.15) is 17.2 Å². The number of rotatable bonds is 6. The van der Waals surface area contributed by atoms with Crippen molar-refractivity contribution < 1.29 is 19.0 Å². The number of benzene rings is 2. The third-order valence-electron chi connectivity index (χ3n) is 3.33. The first-order valence-electron chi connectivity index (χ1n) is 7.27. The number of ether oxygens (including phenoxy) is 3. The van der Waals surface area contributed by atoms with Gasteiger partial charge in [0.15, 0.2) is 6.10 Å². The molecule has 6 heteroatoms. The minimum Gasteiger partial charge on any atom is -0.497 e. The van der Waals surface area contributed by atoms with Crippen molar-refractivity contribution >= 4 is 11.6 Å². The molecule has 124 valence electrons. The fraction of sp³-hybridized carbons (Fsp3) is 0.222. The Morgan fingerprint density at radius 2 is 1.75 bits per heavy atom. The lowest BCUT2D eigenvalue weighted by Crippen LogP contribution is -2.30. The molecular formula is C18H18N2O4. The van der Waals surface area contributed by atoms with E-state index in [2.05, 4.69) is 5.32 Å². The van der Waals surface area contributed by atoms with E-state index in [1.807, 2.05) is 6.07 Å². The lowest BCUT2D eigenvalue weighted by molar-refractivity contribution is -0.122. The Balaban J connectivity index is 2.04. The summed E-state index contributed by atoms with van der Waals surface area (Å²) in [7, 11) is 3.07. The van der Waals surface area contributed by atoms with Crippen molar-refractivity contribution in [1.29, 1.82) is 5.26 Å². The van der Waals surface area contributed by atoms with E-state index < -0.39 is 6.10 Å². The highest BCUT2D eigenvalue weighted by molar-refractivity contribution is 5.95. The molecule has 1 N–H and O–H groups in total. The van der Waals surface area contributed by atoms with Crippen molar-refractivity contribution in [3.63, 3.8) is 0 Å². The molecular weight excluding hydrogens is 308 g/mol. The van der Waals surface area contributed by atoms with Crippen LogP contribution in [0.1, 0.15) is 12.5 Å². The largest absolute Gasteiger partial charge is 0.497 e. The highest BCUT2D eigenvalue weighted by atomic mass is 16.5. The number of carbonyl (C=O) groups is 1. The maximum atomic E-state index is 12.3. The molecule has 0 aliphatic carbocycles. The normalized spacial score (nSPS) is 11.1. The summed E-state index contributed by atoms with van der Waals surface area (Å²) in [6, 6.07) is 13.7.